The number of nitrogens with one attached hydrogen (secondary N) is 1. The monoisotopic (exact) mass is 305 g/mol. The molecule has 1 aliphatic rings. The molecule has 1 N–H and O–H groups in total. The average molecular weight is 306 g/mol. The van der Waals surface area contributed by atoms with Crippen molar-refractivity contribution < 1.29 is 0 Å². The molecule has 0 heterocycles. The van der Waals surface area contributed by atoms with E-state index in [0.29, 0.717) is 6.04 Å². The molecule has 0 aliphatic heterocycles. The predicted molar refractivity (Wildman–Crippen MR) is 86.6 cm³/mol. The van der Waals surface area contributed by atoms with E-state index in [9.17, 15) is 0 Å². The first-order valence-corrected chi connectivity index (χ1v) is 7.77. The van der Waals surface area contributed by atoms with E-state index < -0.39 is 0 Å². The van der Waals surface area contributed by atoms with Gasteiger partial charge in [-0.2, -0.15) is 0 Å². The lowest BCUT2D eigenvalue weighted by atomic mass is 9.96. The Morgan fingerprint density at radius 3 is 2.80 bits per heavy atom. The Bertz CT molecular complexity index is 637. The molecule has 104 valence electrons. The van der Waals surface area contributed by atoms with Crippen molar-refractivity contribution in [3.8, 4) is 11.1 Å². The SMILES string of the molecule is CCNC1CCc2c(-c3cc(Cl)ccc3Cl)cccc21. The number of hydrogen-bond acceptors (Lipinski definition) is 1. The van der Waals surface area contributed by atoms with Crippen LogP contribution in [0.4, 0.5) is 0 Å². The van der Waals surface area contributed by atoms with Crippen LogP contribution in [0.3, 0.4) is 0 Å². The fraction of sp³-hybridized carbons (Fsp3) is 0.294. The minimum absolute atomic E-state index is 0.466. The van der Waals surface area contributed by atoms with Crippen molar-refractivity contribution in [1.82, 2.24) is 5.32 Å². The van der Waals surface area contributed by atoms with Crippen LogP contribution >= 0.6 is 23.2 Å². The van der Waals surface area contributed by atoms with Gasteiger partial charge in [-0.3, -0.25) is 0 Å². The van der Waals surface area contributed by atoms with E-state index in [-0.39, 0.29) is 0 Å². The maximum atomic E-state index is 6.36. The fourth-order valence-electron chi connectivity index (χ4n) is 3.07. The normalized spacial score (nSPS) is 17.2. The summed E-state index contributed by atoms with van der Waals surface area (Å²) in [6.07, 6.45) is 2.24. The maximum absolute atomic E-state index is 6.36. The molecule has 3 rings (SSSR count). The Hall–Kier alpha value is -1.02. The third-order valence-corrected chi connectivity index (χ3v) is 4.50. The molecule has 0 amide bonds. The first-order chi connectivity index (χ1) is 9.70. The van der Waals surface area contributed by atoms with Gasteiger partial charge < -0.3 is 5.32 Å². The molecule has 20 heavy (non-hydrogen) atoms. The summed E-state index contributed by atoms with van der Waals surface area (Å²) in [4.78, 5) is 0. The van der Waals surface area contributed by atoms with Crippen LogP contribution in [-0.4, -0.2) is 6.54 Å². The van der Waals surface area contributed by atoms with Gasteiger partial charge in [0.1, 0.15) is 0 Å². The van der Waals surface area contributed by atoms with Crippen molar-refractivity contribution >= 4 is 23.2 Å². The van der Waals surface area contributed by atoms with Crippen LogP contribution < -0.4 is 5.32 Å². The van der Waals surface area contributed by atoms with Gasteiger partial charge in [-0.15, -0.1) is 0 Å². The van der Waals surface area contributed by atoms with Crippen LogP contribution in [0.5, 0.6) is 0 Å². The first kappa shape index (κ1) is 13.9. The maximum Gasteiger partial charge on any atom is 0.0485 e. The van der Waals surface area contributed by atoms with Crippen LogP contribution in [0.1, 0.15) is 30.5 Å². The highest BCUT2D eigenvalue weighted by atomic mass is 35.5. The molecule has 0 aromatic heterocycles. The topological polar surface area (TPSA) is 12.0 Å². The molecular formula is C17H17Cl2N. The quantitative estimate of drug-likeness (QED) is 0.816. The Morgan fingerprint density at radius 1 is 1.15 bits per heavy atom. The van der Waals surface area contributed by atoms with Crippen molar-refractivity contribution in [2.24, 2.45) is 0 Å². The standard InChI is InChI=1S/C17H17Cl2N/c1-2-20-17-9-7-13-12(4-3-5-14(13)17)15-10-11(18)6-8-16(15)19/h3-6,8,10,17,20H,2,7,9H2,1H3. The van der Waals surface area contributed by atoms with Crippen LogP contribution in [0.2, 0.25) is 10.0 Å². The van der Waals surface area contributed by atoms with Crippen molar-refractivity contribution in [2.75, 3.05) is 6.54 Å². The number of rotatable bonds is 3. The summed E-state index contributed by atoms with van der Waals surface area (Å²) in [5, 5.41) is 5.03. The van der Waals surface area contributed by atoms with Crippen molar-refractivity contribution in [3.63, 3.8) is 0 Å². The summed E-state index contributed by atoms with van der Waals surface area (Å²) in [6.45, 7) is 3.14. The van der Waals surface area contributed by atoms with E-state index in [4.69, 9.17) is 23.2 Å². The van der Waals surface area contributed by atoms with Gasteiger partial charge in [-0.05, 0) is 54.3 Å². The first-order valence-electron chi connectivity index (χ1n) is 7.01. The number of halogens is 2. The lowest BCUT2D eigenvalue weighted by Gasteiger charge is -2.14. The molecule has 1 atom stereocenters. The smallest absolute Gasteiger partial charge is 0.0485 e. The number of fused-ring (bicyclic) bond motifs is 1. The lowest BCUT2D eigenvalue weighted by Crippen LogP contribution is -2.18. The summed E-state index contributed by atoms with van der Waals surface area (Å²) in [7, 11) is 0. The Labute approximate surface area is 129 Å². The van der Waals surface area contributed by atoms with Crippen molar-refractivity contribution in [3.05, 3.63) is 57.6 Å². The molecule has 2 aromatic carbocycles. The molecule has 0 fully saturated rings. The molecule has 1 unspecified atom stereocenters. The molecule has 0 saturated carbocycles. The molecule has 0 spiro atoms. The van der Waals surface area contributed by atoms with Crippen LogP contribution in [0, 0.1) is 0 Å². The second kappa shape index (κ2) is 5.77. The molecule has 3 heteroatoms. The molecule has 0 saturated heterocycles. The average Bonchev–Trinajstić information content (AvgIpc) is 2.85. The van der Waals surface area contributed by atoms with E-state index in [2.05, 4.69) is 30.4 Å². The van der Waals surface area contributed by atoms with Gasteiger partial charge in [0.25, 0.3) is 0 Å². The minimum atomic E-state index is 0.466. The van der Waals surface area contributed by atoms with E-state index in [1.807, 2.05) is 18.2 Å². The molecule has 1 nitrogen and oxygen atoms in total. The highest BCUT2D eigenvalue weighted by molar-refractivity contribution is 6.35. The second-order valence-electron chi connectivity index (χ2n) is 5.15. The van der Waals surface area contributed by atoms with Gasteiger partial charge in [0.2, 0.25) is 0 Å². The summed E-state index contributed by atoms with van der Waals surface area (Å²) in [5.41, 5.74) is 5.06. The van der Waals surface area contributed by atoms with Gasteiger partial charge in [-0.25, -0.2) is 0 Å². The fourth-order valence-corrected chi connectivity index (χ4v) is 3.46. The van der Waals surface area contributed by atoms with Crippen molar-refractivity contribution in [2.45, 2.75) is 25.8 Å². The molecule has 2 aromatic rings. The Balaban J connectivity index is 2.10. The molecule has 1 aliphatic carbocycles. The van der Waals surface area contributed by atoms with E-state index >= 15 is 0 Å². The van der Waals surface area contributed by atoms with Gasteiger partial charge >= 0.3 is 0 Å². The third kappa shape index (κ3) is 2.46. The Morgan fingerprint density at radius 2 is 2.00 bits per heavy atom. The van der Waals surface area contributed by atoms with E-state index in [0.717, 1.165) is 35.0 Å². The molecule has 0 radical (unpaired) electrons. The van der Waals surface area contributed by atoms with Gasteiger partial charge in [0, 0.05) is 21.7 Å². The van der Waals surface area contributed by atoms with E-state index in [1.54, 1.807) is 0 Å². The van der Waals surface area contributed by atoms with Crippen LogP contribution in [0.25, 0.3) is 11.1 Å². The van der Waals surface area contributed by atoms with Gasteiger partial charge in [0.15, 0.2) is 0 Å². The second-order valence-corrected chi connectivity index (χ2v) is 5.99. The summed E-state index contributed by atoms with van der Waals surface area (Å²) in [5.74, 6) is 0. The summed E-state index contributed by atoms with van der Waals surface area (Å²) >= 11 is 12.5. The molecular weight excluding hydrogens is 289 g/mol. The molecule has 0 bridgehead atoms. The summed E-state index contributed by atoms with van der Waals surface area (Å²) < 4.78 is 0. The zero-order valence-corrected chi connectivity index (χ0v) is 12.9. The minimum Gasteiger partial charge on any atom is -0.310 e. The largest absolute Gasteiger partial charge is 0.310 e. The number of hydrogen-bond donors (Lipinski definition) is 1. The van der Waals surface area contributed by atoms with Crippen LogP contribution in [0.15, 0.2) is 36.4 Å². The highest BCUT2D eigenvalue weighted by Crippen LogP contribution is 2.40. The van der Waals surface area contributed by atoms with Crippen LogP contribution in [-0.2, 0) is 6.42 Å². The zero-order valence-electron chi connectivity index (χ0n) is 11.4. The van der Waals surface area contributed by atoms with Crippen molar-refractivity contribution in [1.29, 1.82) is 0 Å². The lowest BCUT2D eigenvalue weighted by molar-refractivity contribution is 0.549. The summed E-state index contributed by atoms with van der Waals surface area (Å²) in [6, 6.07) is 12.6. The Kier molecular flexibility index (Phi) is 4.02. The predicted octanol–water partition coefficient (Wildman–Crippen LogP) is 5.26. The third-order valence-electron chi connectivity index (χ3n) is 3.94. The highest BCUT2D eigenvalue weighted by Gasteiger charge is 2.24. The number of benzene rings is 2. The van der Waals surface area contributed by atoms with Gasteiger partial charge in [-0.1, -0.05) is 48.3 Å². The zero-order chi connectivity index (χ0) is 14.1. The van der Waals surface area contributed by atoms with Gasteiger partial charge in [0.05, 0.1) is 0 Å². The van der Waals surface area contributed by atoms with E-state index in [1.165, 1.54) is 16.7 Å².